The van der Waals surface area contributed by atoms with Gasteiger partial charge in [-0.15, -0.1) is 6.58 Å². The van der Waals surface area contributed by atoms with E-state index in [0.717, 1.165) is 12.3 Å². The fourth-order valence-electron chi connectivity index (χ4n) is 1.64. The van der Waals surface area contributed by atoms with Gasteiger partial charge in [0, 0.05) is 0 Å². The molecular formula is C16H28. The van der Waals surface area contributed by atoms with Crippen molar-refractivity contribution in [3.63, 3.8) is 0 Å². The summed E-state index contributed by atoms with van der Waals surface area (Å²) in [6, 6.07) is 0. The second-order valence-corrected chi connectivity index (χ2v) is 4.69. The molecule has 0 aliphatic heterocycles. The molecule has 0 rings (SSSR count). The molecule has 0 N–H and O–H groups in total. The van der Waals surface area contributed by atoms with Gasteiger partial charge in [-0.3, -0.25) is 0 Å². The van der Waals surface area contributed by atoms with Crippen LogP contribution in [0.15, 0.2) is 36.5 Å². The van der Waals surface area contributed by atoms with Gasteiger partial charge < -0.3 is 0 Å². The Kier molecular flexibility index (Phi) is 10.2. The highest BCUT2D eigenvalue weighted by Crippen LogP contribution is 2.13. The van der Waals surface area contributed by atoms with Gasteiger partial charge in [-0.25, -0.2) is 0 Å². The SMILES string of the molecule is C=CCCC(C)CCC=CC(C)=CCCC. The Bertz CT molecular complexity index is 220. The summed E-state index contributed by atoms with van der Waals surface area (Å²) in [5, 5.41) is 0. The fourth-order valence-corrected chi connectivity index (χ4v) is 1.64. The van der Waals surface area contributed by atoms with Crippen molar-refractivity contribution >= 4 is 0 Å². The first-order chi connectivity index (χ1) is 7.70. The van der Waals surface area contributed by atoms with Crippen LogP contribution >= 0.6 is 0 Å². The van der Waals surface area contributed by atoms with E-state index in [1.54, 1.807) is 0 Å². The molecule has 0 bridgehead atoms. The molecular weight excluding hydrogens is 192 g/mol. The van der Waals surface area contributed by atoms with Crippen molar-refractivity contribution in [2.75, 3.05) is 0 Å². The van der Waals surface area contributed by atoms with Gasteiger partial charge >= 0.3 is 0 Å². The van der Waals surface area contributed by atoms with E-state index < -0.39 is 0 Å². The van der Waals surface area contributed by atoms with Crippen LogP contribution < -0.4 is 0 Å². The van der Waals surface area contributed by atoms with E-state index in [0.29, 0.717) is 0 Å². The molecule has 0 heteroatoms. The second-order valence-electron chi connectivity index (χ2n) is 4.69. The van der Waals surface area contributed by atoms with E-state index in [1.807, 2.05) is 6.08 Å². The Morgan fingerprint density at radius 3 is 2.50 bits per heavy atom. The summed E-state index contributed by atoms with van der Waals surface area (Å²) in [6.45, 7) is 10.5. The quantitative estimate of drug-likeness (QED) is 0.347. The van der Waals surface area contributed by atoms with Crippen LogP contribution in [0, 0.1) is 5.92 Å². The van der Waals surface area contributed by atoms with Crippen LogP contribution in [-0.4, -0.2) is 0 Å². The third kappa shape index (κ3) is 9.76. The molecule has 1 atom stereocenters. The van der Waals surface area contributed by atoms with E-state index in [1.165, 1.54) is 37.7 Å². The normalized spacial score (nSPS) is 14.3. The largest absolute Gasteiger partial charge is 0.103 e. The van der Waals surface area contributed by atoms with Crippen molar-refractivity contribution < 1.29 is 0 Å². The topological polar surface area (TPSA) is 0 Å². The molecule has 0 nitrogen and oxygen atoms in total. The van der Waals surface area contributed by atoms with Crippen LogP contribution in [0.4, 0.5) is 0 Å². The van der Waals surface area contributed by atoms with Crippen LogP contribution in [0.25, 0.3) is 0 Å². The van der Waals surface area contributed by atoms with E-state index in [2.05, 4.69) is 45.6 Å². The van der Waals surface area contributed by atoms with Crippen molar-refractivity contribution in [1.29, 1.82) is 0 Å². The van der Waals surface area contributed by atoms with Crippen LogP contribution in [0.3, 0.4) is 0 Å². The highest BCUT2D eigenvalue weighted by Gasteiger charge is 1.98. The van der Waals surface area contributed by atoms with Gasteiger partial charge in [0.1, 0.15) is 0 Å². The summed E-state index contributed by atoms with van der Waals surface area (Å²) >= 11 is 0. The fraction of sp³-hybridized carbons (Fsp3) is 0.625. The average Bonchev–Trinajstić information content (AvgIpc) is 2.29. The number of rotatable bonds is 9. The molecule has 0 fully saturated rings. The highest BCUT2D eigenvalue weighted by molar-refractivity contribution is 5.15. The van der Waals surface area contributed by atoms with Crippen LogP contribution in [0.5, 0.6) is 0 Å². The molecule has 16 heavy (non-hydrogen) atoms. The lowest BCUT2D eigenvalue weighted by Gasteiger charge is -2.07. The van der Waals surface area contributed by atoms with Gasteiger partial charge in [-0.2, -0.15) is 0 Å². The zero-order valence-electron chi connectivity index (χ0n) is 11.3. The summed E-state index contributed by atoms with van der Waals surface area (Å²) in [6.07, 6.45) is 16.3. The lowest BCUT2D eigenvalue weighted by Crippen LogP contribution is -1.92. The first kappa shape index (κ1) is 15.2. The van der Waals surface area contributed by atoms with Gasteiger partial charge in [0.05, 0.1) is 0 Å². The number of unbranched alkanes of at least 4 members (excludes halogenated alkanes) is 1. The third-order valence-corrected chi connectivity index (χ3v) is 2.83. The molecule has 0 saturated heterocycles. The first-order valence-electron chi connectivity index (χ1n) is 6.64. The lowest BCUT2D eigenvalue weighted by molar-refractivity contribution is 0.502. The van der Waals surface area contributed by atoms with E-state index in [-0.39, 0.29) is 0 Å². The highest BCUT2D eigenvalue weighted by atomic mass is 14.0. The molecule has 1 unspecified atom stereocenters. The second kappa shape index (κ2) is 10.7. The maximum Gasteiger partial charge on any atom is -0.0345 e. The minimum atomic E-state index is 0.822. The maximum atomic E-state index is 3.76. The monoisotopic (exact) mass is 220 g/mol. The van der Waals surface area contributed by atoms with Gasteiger partial charge in [-0.05, 0) is 44.9 Å². The van der Waals surface area contributed by atoms with E-state index >= 15 is 0 Å². The Labute approximate surface area is 102 Å². The predicted molar refractivity (Wildman–Crippen MR) is 75.6 cm³/mol. The Hall–Kier alpha value is -0.780. The third-order valence-electron chi connectivity index (χ3n) is 2.83. The van der Waals surface area contributed by atoms with Crippen molar-refractivity contribution in [1.82, 2.24) is 0 Å². The molecule has 0 aliphatic rings. The average molecular weight is 220 g/mol. The standard InChI is InChI=1S/C16H28/c1-5-7-11-15(3)13-9-10-14-16(4)12-8-6-2/h5,10,12,14-15H,1,6-9,11,13H2,2-4H3. The van der Waals surface area contributed by atoms with Crippen molar-refractivity contribution in [2.24, 2.45) is 5.92 Å². The van der Waals surface area contributed by atoms with Crippen LogP contribution in [0.2, 0.25) is 0 Å². The minimum Gasteiger partial charge on any atom is -0.103 e. The maximum absolute atomic E-state index is 3.76. The summed E-state index contributed by atoms with van der Waals surface area (Å²) in [5.74, 6) is 0.822. The zero-order valence-corrected chi connectivity index (χ0v) is 11.3. The van der Waals surface area contributed by atoms with Crippen LogP contribution in [0.1, 0.15) is 59.3 Å². The Morgan fingerprint density at radius 2 is 1.88 bits per heavy atom. The molecule has 0 heterocycles. The number of hydrogen-bond acceptors (Lipinski definition) is 0. The first-order valence-corrected chi connectivity index (χ1v) is 6.64. The summed E-state index contributed by atoms with van der Waals surface area (Å²) in [7, 11) is 0. The number of allylic oxidation sites excluding steroid dienone is 5. The summed E-state index contributed by atoms with van der Waals surface area (Å²) < 4.78 is 0. The zero-order chi connectivity index (χ0) is 12.2. The van der Waals surface area contributed by atoms with Gasteiger partial charge in [0.2, 0.25) is 0 Å². The van der Waals surface area contributed by atoms with Gasteiger partial charge in [0.25, 0.3) is 0 Å². The van der Waals surface area contributed by atoms with Crippen LogP contribution in [-0.2, 0) is 0 Å². The summed E-state index contributed by atoms with van der Waals surface area (Å²) in [4.78, 5) is 0. The lowest BCUT2D eigenvalue weighted by atomic mass is 9.99. The number of hydrogen-bond donors (Lipinski definition) is 0. The van der Waals surface area contributed by atoms with Crippen molar-refractivity contribution in [2.45, 2.75) is 59.3 Å². The smallest absolute Gasteiger partial charge is 0.0345 e. The molecule has 0 radical (unpaired) electrons. The van der Waals surface area contributed by atoms with Gasteiger partial charge in [-0.1, -0.05) is 50.1 Å². The van der Waals surface area contributed by atoms with Crippen molar-refractivity contribution in [3.05, 3.63) is 36.5 Å². The van der Waals surface area contributed by atoms with E-state index in [9.17, 15) is 0 Å². The molecule has 92 valence electrons. The molecule has 0 aromatic heterocycles. The van der Waals surface area contributed by atoms with Crippen molar-refractivity contribution in [3.8, 4) is 0 Å². The van der Waals surface area contributed by atoms with Gasteiger partial charge in [0.15, 0.2) is 0 Å². The molecule has 0 saturated carbocycles. The molecule has 0 amide bonds. The molecule has 0 aromatic rings. The molecule has 0 aliphatic carbocycles. The summed E-state index contributed by atoms with van der Waals surface area (Å²) in [5.41, 5.74) is 1.40. The molecule has 0 aromatic carbocycles. The Morgan fingerprint density at radius 1 is 1.19 bits per heavy atom. The predicted octanol–water partition coefficient (Wildman–Crippen LogP) is 5.67. The van der Waals surface area contributed by atoms with E-state index in [4.69, 9.17) is 0 Å². The minimum absolute atomic E-state index is 0.822. The Balaban J connectivity index is 3.63. The molecule has 0 spiro atoms.